The first kappa shape index (κ1) is 12.2. The fraction of sp³-hybridized carbons (Fsp3) is 0.167. The highest BCUT2D eigenvalue weighted by molar-refractivity contribution is 9.10. The van der Waals surface area contributed by atoms with Crippen LogP contribution in [-0.4, -0.2) is 0 Å². The van der Waals surface area contributed by atoms with E-state index in [9.17, 15) is 0 Å². The van der Waals surface area contributed by atoms with E-state index >= 15 is 0 Å². The fourth-order valence-corrected chi connectivity index (χ4v) is 3.99. The molecule has 0 unspecified atom stereocenters. The lowest BCUT2D eigenvalue weighted by molar-refractivity contribution is 1.07. The third-order valence-corrected chi connectivity index (χ3v) is 5.37. The molecule has 1 nitrogen and oxygen atoms in total. The molecule has 0 radical (unpaired) electrons. The maximum atomic E-state index is 5.56. The van der Waals surface area contributed by atoms with E-state index in [0.29, 0.717) is 6.54 Å². The van der Waals surface area contributed by atoms with Crippen molar-refractivity contribution in [3.8, 4) is 0 Å². The normalized spacial score (nSPS) is 10.6. The van der Waals surface area contributed by atoms with Gasteiger partial charge in [0.15, 0.2) is 0 Å². The molecule has 0 spiro atoms. The predicted octanol–water partition coefficient (Wildman–Crippen LogP) is 4.26. The van der Waals surface area contributed by atoms with Crippen LogP contribution in [0.3, 0.4) is 0 Å². The van der Waals surface area contributed by atoms with Crippen molar-refractivity contribution in [3.05, 3.63) is 50.6 Å². The number of hydrogen-bond acceptors (Lipinski definition) is 3. The number of thioether (sulfide) groups is 1. The standard InChI is InChI=1S/C12H12BrNS2/c13-11-5-6-15-12(11)8-16-10-3-1-9(7-14)2-4-10/h1-6H,7-8,14H2. The summed E-state index contributed by atoms with van der Waals surface area (Å²) in [6.07, 6.45) is 0. The molecule has 84 valence electrons. The van der Waals surface area contributed by atoms with Crippen LogP contribution >= 0.6 is 39.0 Å². The van der Waals surface area contributed by atoms with Gasteiger partial charge < -0.3 is 5.73 Å². The van der Waals surface area contributed by atoms with E-state index in [-0.39, 0.29) is 0 Å². The Bertz CT molecular complexity index is 450. The van der Waals surface area contributed by atoms with Crippen LogP contribution in [0.1, 0.15) is 10.4 Å². The van der Waals surface area contributed by atoms with Gasteiger partial charge in [0, 0.05) is 26.5 Å². The number of thiophene rings is 1. The van der Waals surface area contributed by atoms with Crippen LogP contribution in [0.4, 0.5) is 0 Å². The third kappa shape index (κ3) is 3.10. The molecule has 0 saturated carbocycles. The lowest BCUT2D eigenvalue weighted by Gasteiger charge is -2.02. The molecule has 1 heterocycles. The van der Waals surface area contributed by atoms with Gasteiger partial charge in [0.25, 0.3) is 0 Å². The van der Waals surface area contributed by atoms with Crippen LogP contribution in [0.25, 0.3) is 0 Å². The van der Waals surface area contributed by atoms with E-state index in [2.05, 4.69) is 51.6 Å². The second kappa shape index (κ2) is 5.87. The highest BCUT2D eigenvalue weighted by Gasteiger charge is 2.02. The molecular weight excluding hydrogens is 302 g/mol. The molecule has 2 rings (SSSR count). The van der Waals surface area contributed by atoms with E-state index in [1.54, 1.807) is 11.3 Å². The summed E-state index contributed by atoms with van der Waals surface area (Å²) in [5.74, 6) is 1.01. The molecule has 0 amide bonds. The summed E-state index contributed by atoms with van der Waals surface area (Å²) in [7, 11) is 0. The average molecular weight is 314 g/mol. The first-order valence-corrected chi connectivity index (χ1v) is 7.59. The molecule has 0 aliphatic heterocycles. The summed E-state index contributed by atoms with van der Waals surface area (Å²) < 4.78 is 1.21. The predicted molar refractivity (Wildman–Crippen MR) is 75.9 cm³/mol. The Morgan fingerprint density at radius 3 is 2.50 bits per heavy atom. The van der Waals surface area contributed by atoms with Crippen molar-refractivity contribution in [2.24, 2.45) is 5.73 Å². The summed E-state index contributed by atoms with van der Waals surface area (Å²) >= 11 is 7.18. The van der Waals surface area contributed by atoms with Crippen LogP contribution < -0.4 is 5.73 Å². The first-order valence-electron chi connectivity index (χ1n) is 4.93. The quantitative estimate of drug-likeness (QED) is 0.853. The molecule has 1 aromatic carbocycles. The van der Waals surface area contributed by atoms with Crippen LogP contribution in [0.5, 0.6) is 0 Å². The van der Waals surface area contributed by atoms with Gasteiger partial charge in [0.1, 0.15) is 0 Å². The van der Waals surface area contributed by atoms with Crippen LogP contribution in [0.2, 0.25) is 0 Å². The van der Waals surface area contributed by atoms with Crippen LogP contribution in [0.15, 0.2) is 45.1 Å². The van der Waals surface area contributed by atoms with Crippen molar-refractivity contribution in [1.29, 1.82) is 0 Å². The van der Waals surface area contributed by atoms with Crippen molar-refractivity contribution in [2.75, 3.05) is 0 Å². The molecule has 0 aliphatic carbocycles. The minimum Gasteiger partial charge on any atom is -0.326 e. The second-order valence-electron chi connectivity index (χ2n) is 3.33. The lowest BCUT2D eigenvalue weighted by atomic mass is 10.2. The summed E-state index contributed by atoms with van der Waals surface area (Å²) in [6.45, 7) is 0.613. The van der Waals surface area contributed by atoms with Crippen molar-refractivity contribution < 1.29 is 0 Å². The van der Waals surface area contributed by atoms with E-state index in [4.69, 9.17) is 5.73 Å². The van der Waals surface area contributed by atoms with Crippen molar-refractivity contribution in [2.45, 2.75) is 17.2 Å². The number of rotatable bonds is 4. The van der Waals surface area contributed by atoms with Gasteiger partial charge in [-0.1, -0.05) is 12.1 Å². The maximum absolute atomic E-state index is 5.56. The molecule has 0 bridgehead atoms. The Hall–Kier alpha value is -0.290. The van der Waals surface area contributed by atoms with Crippen molar-refractivity contribution >= 4 is 39.0 Å². The number of hydrogen-bond donors (Lipinski definition) is 1. The number of benzene rings is 1. The van der Waals surface area contributed by atoms with Gasteiger partial charge in [-0.3, -0.25) is 0 Å². The van der Waals surface area contributed by atoms with Gasteiger partial charge in [0.05, 0.1) is 0 Å². The third-order valence-electron chi connectivity index (χ3n) is 2.22. The SMILES string of the molecule is NCc1ccc(SCc2sccc2Br)cc1. The zero-order valence-electron chi connectivity index (χ0n) is 8.65. The van der Waals surface area contributed by atoms with Crippen LogP contribution in [0, 0.1) is 0 Å². The Morgan fingerprint density at radius 2 is 1.94 bits per heavy atom. The minimum absolute atomic E-state index is 0.613. The number of halogens is 1. The lowest BCUT2D eigenvalue weighted by Crippen LogP contribution is -1.94. The molecule has 2 aromatic rings. The summed E-state index contributed by atoms with van der Waals surface area (Å²) in [5, 5.41) is 2.11. The number of nitrogens with two attached hydrogens (primary N) is 1. The van der Waals surface area contributed by atoms with E-state index in [0.717, 1.165) is 5.75 Å². The molecule has 1 aromatic heterocycles. The molecule has 0 saturated heterocycles. The summed E-state index contributed by atoms with van der Waals surface area (Å²) in [6, 6.07) is 10.5. The smallest absolute Gasteiger partial charge is 0.0337 e. The summed E-state index contributed by atoms with van der Waals surface area (Å²) in [5.41, 5.74) is 6.74. The Labute approximate surface area is 112 Å². The van der Waals surface area contributed by atoms with Crippen molar-refractivity contribution in [1.82, 2.24) is 0 Å². The Morgan fingerprint density at radius 1 is 1.19 bits per heavy atom. The topological polar surface area (TPSA) is 26.0 Å². The van der Waals surface area contributed by atoms with Gasteiger partial charge >= 0.3 is 0 Å². The van der Waals surface area contributed by atoms with Crippen LogP contribution in [-0.2, 0) is 12.3 Å². The molecule has 16 heavy (non-hydrogen) atoms. The molecular formula is C12H12BrNS2. The van der Waals surface area contributed by atoms with E-state index in [1.807, 2.05) is 11.8 Å². The minimum atomic E-state index is 0.613. The Balaban J connectivity index is 1.97. The maximum Gasteiger partial charge on any atom is 0.0337 e. The molecule has 2 N–H and O–H groups in total. The molecule has 0 fully saturated rings. The van der Waals surface area contributed by atoms with Gasteiger partial charge in [0.2, 0.25) is 0 Å². The molecule has 0 aliphatic rings. The van der Waals surface area contributed by atoms with Gasteiger partial charge in [-0.15, -0.1) is 23.1 Å². The summed E-state index contributed by atoms with van der Waals surface area (Å²) in [4.78, 5) is 2.67. The van der Waals surface area contributed by atoms with Crippen molar-refractivity contribution in [3.63, 3.8) is 0 Å². The zero-order chi connectivity index (χ0) is 11.4. The van der Waals surface area contributed by atoms with Gasteiger partial charge in [-0.2, -0.15) is 0 Å². The largest absolute Gasteiger partial charge is 0.326 e. The van der Waals surface area contributed by atoms with E-state index in [1.165, 1.54) is 19.8 Å². The Kier molecular flexibility index (Phi) is 4.46. The fourth-order valence-electron chi connectivity index (χ4n) is 1.30. The second-order valence-corrected chi connectivity index (χ2v) is 6.23. The molecule has 0 atom stereocenters. The van der Waals surface area contributed by atoms with Gasteiger partial charge in [-0.05, 0) is 45.1 Å². The monoisotopic (exact) mass is 313 g/mol. The van der Waals surface area contributed by atoms with Gasteiger partial charge in [-0.25, -0.2) is 0 Å². The zero-order valence-corrected chi connectivity index (χ0v) is 11.9. The highest BCUT2D eigenvalue weighted by Crippen LogP contribution is 2.30. The first-order chi connectivity index (χ1) is 7.79. The highest BCUT2D eigenvalue weighted by atomic mass is 79.9. The van der Waals surface area contributed by atoms with E-state index < -0.39 is 0 Å². The average Bonchev–Trinajstić information content (AvgIpc) is 2.73. The molecule has 4 heteroatoms.